The minimum Gasteiger partial charge on any atom is -0.396 e. The minimum absolute atomic E-state index is 0.0730. The highest BCUT2D eigenvalue weighted by Crippen LogP contribution is 2.20. The van der Waals surface area contributed by atoms with E-state index in [1.165, 1.54) is 24.3 Å². The summed E-state index contributed by atoms with van der Waals surface area (Å²) in [6.45, 7) is 4.40. The summed E-state index contributed by atoms with van der Waals surface area (Å²) in [5.41, 5.74) is 0.00684. The summed E-state index contributed by atoms with van der Waals surface area (Å²) in [5, 5.41) is 11.9. The number of aliphatic hydroxyl groups excluding tert-OH is 1. The van der Waals surface area contributed by atoms with Gasteiger partial charge in [0.2, 0.25) is 5.91 Å². The molecule has 1 rings (SSSR count). The fourth-order valence-electron chi connectivity index (χ4n) is 1.61. The van der Waals surface area contributed by atoms with Crippen molar-refractivity contribution in [2.24, 2.45) is 5.41 Å². The predicted molar refractivity (Wildman–Crippen MR) is 78.9 cm³/mol. The topological polar surface area (TPSA) is 49.3 Å². The largest absolute Gasteiger partial charge is 0.396 e. The van der Waals surface area contributed by atoms with Crippen molar-refractivity contribution in [2.75, 3.05) is 13.2 Å². The van der Waals surface area contributed by atoms with Crippen LogP contribution in [0.1, 0.15) is 25.8 Å². The number of carbonyl (C=O) groups excluding carboxylic acids is 1. The van der Waals surface area contributed by atoms with Crippen LogP contribution in [-0.2, 0) is 4.79 Å². The number of hydrogen-bond donors (Lipinski definition) is 2. The van der Waals surface area contributed by atoms with Gasteiger partial charge in [0.05, 0.1) is 5.02 Å². The Bertz CT molecular complexity index is 480. The average molecular weight is 300 g/mol. The van der Waals surface area contributed by atoms with Crippen molar-refractivity contribution >= 4 is 23.6 Å². The molecule has 0 saturated carbocycles. The van der Waals surface area contributed by atoms with Crippen LogP contribution in [0.2, 0.25) is 5.02 Å². The second-order valence-electron chi connectivity index (χ2n) is 5.32. The lowest BCUT2D eigenvalue weighted by Crippen LogP contribution is -2.33. The fraction of sp³-hybridized carbons (Fsp3) is 0.400. The second kappa shape index (κ2) is 7.41. The smallest absolute Gasteiger partial charge is 0.244 e. The van der Waals surface area contributed by atoms with Gasteiger partial charge in [-0.2, -0.15) is 0 Å². The standard InChI is InChI=1S/C15H19ClFNO2/c1-15(2,8-9-19)10-18-14(20)7-6-11-12(16)4-3-5-13(11)17/h3-7,19H,8-10H2,1-2H3,(H,18,20)/b7-6+. The second-order valence-corrected chi connectivity index (χ2v) is 5.73. The Morgan fingerprint density at radius 2 is 2.20 bits per heavy atom. The third-order valence-electron chi connectivity index (χ3n) is 2.93. The molecule has 110 valence electrons. The summed E-state index contributed by atoms with van der Waals surface area (Å²) in [5.74, 6) is -0.794. The number of hydrogen-bond acceptors (Lipinski definition) is 2. The average Bonchev–Trinajstić information content (AvgIpc) is 2.36. The molecule has 0 saturated heterocycles. The van der Waals surface area contributed by atoms with Crippen LogP contribution in [0.3, 0.4) is 0 Å². The highest BCUT2D eigenvalue weighted by molar-refractivity contribution is 6.32. The van der Waals surface area contributed by atoms with Gasteiger partial charge in [0, 0.05) is 24.8 Å². The monoisotopic (exact) mass is 299 g/mol. The van der Waals surface area contributed by atoms with Crippen molar-refractivity contribution in [3.05, 3.63) is 40.7 Å². The maximum atomic E-state index is 13.5. The molecule has 20 heavy (non-hydrogen) atoms. The molecule has 3 nitrogen and oxygen atoms in total. The van der Waals surface area contributed by atoms with E-state index in [4.69, 9.17) is 16.7 Å². The number of aliphatic hydroxyl groups is 1. The zero-order valence-corrected chi connectivity index (χ0v) is 12.4. The molecule has 5 heteroatoms. The number of rotatable bonds is 6. The van der Waals surface area contributed by atoms with Crippen LogP contribution in [0.15, 0.2) is 24.3 Å². The summed E-state index contributed by atoms with van der Waals surface area (Å²) in [7, 11) is 0. The molecule has 0 aliphatic heterocycles. The normalized spacial score (nSPS) is 11.8. The van der Waals surface area contributed by atoms with Crippen LogP contribution in [0.5, 0.6) is 0 Å². The van der Waals surface area contributed by atoms with Crippen molar-refractivity contribution in [3.8, 4) is 0 Å². The summed E-state index contributed by atoms with van der Waals surface area (Å²) in [4.78, 5) is 11.7. The first-order valence-corrected chi connectivity index (χ1v) is 6.74. The van der Waals surface area contributed by atoms with Gasteiger partial charge in [-0.1, -0.05) is 31.5 Å². The number of halogens is 2. The van der Waals surface area contributed by atoms with Gasteiger partial charge in [0.25, 0.3) is 0 Å². The first-order chi connectivity index (χ1) is 9.35. The predicted octanol–water partition coefficient (Wildman–Crippen LogP) is 3.02. The van der Waals surface area contributed by atoms with E-state index in [9.17, 15) is 9.18 Å². The number of amides is 1. The molecular weight excluding hydrogens is 281 g/mol. The molecule has 0 heterocycles. The van der Waals surface area contributed by atoms with Crippen LogP contribution in [0.4, 0.5) is 4.39 Å². The molecule has 0 radical (unpaired) electrons. The molecule has 1 aromatic rings. The number of nitrogens with one attached hydrogen (secondary N) is 1. The van der Waals surface area contributed by atoms with Gasteiger partial charge in [-0.05, 0) is 30.0 Å². The van der Waals surface area contributed by atoms with E-state index in [1.54, 1.807) is 6.07 Å². The molecule has 2 N–H and O–H groups in total. The maximum absolute atomic E-state index is 13.5. The molecule has 0 bridgehead atoms. The zero-order chi connectivity index (χ0) is 15.2. The summed E-state index contributed by atoms with van der Waals surface area (Å²) in [6.07, 6.45) is 3.20. The summed E-state index contributed by atoms with van der Waals surface area (Å²) >= 11 is 5.85. The van der Waals surface area contributed by atoms with Crippen LogP contribution in [-0.4, -0.2) is 24.2 Å². The number of carbonyl (C=O) groups is 1. The van der Waals surface area contributed by atoms with Crippen LogP contribution in [0, 0.1) is 11.2 Å². The highest BCUT2D eigenvalue weighted by atomic mass is 35.5. The molecule has 1 aromatic carbocycles. The molecular formula is C15H19ClFNO2. The lowest BCUT2D eigenvalue weighted by molar-refractivity contribution is -0.116. The maximum Gasteiger partial charge on any atom is 0.244 e. The van der Waals surface area contributed by atoms with Gasteiger partial charge in [0.1, 0.15) is 5.82 Å². The third-order valence-corrected chi connectivity index (χ3v) is 3.26. The Balaban J connectivity index is 2.61. The third kappa shape index (κ3) is 5.31. The summed E-state index contributed by atoms with van der Waals surface area (Å²) in [6, 6.07) is 4.35. The van der Waals surface area contributed by atoms with E-state index in [2.05, 4.69) is 5.32 Å². The van der Waals surface area contributed by atoms with Gasteiger partial charge >= 0.3 is 0 Å². The van der Waals surface area contributed by atoms with E-state index in [0.29, 0.717) is 13.0 Å². The quantitative estimate of drug-likeness (QED) is 0.793. The Kier molecular flexibility index (Phi) is 6.17. The van der Waals surface area contributed by atoms with Crippen molar-refractivity contribution in [2.45, 2.75) is 20.3 Å². The Morgan fingerprint density at radius 1 is 1.50 bits per heavy atom. The molecule has 0 aliphatic rings. The first-order valence-electron chi connectivity index (χ1n) is 6.36. The Morgan fingerprint density at radius 3 is 2.80 bits per heavy atom. The number of benzene rings is 1. The molecule has 0 spiro atoms. The lowest BCUT2D eigenvalue weighted by atomic mass is 9.90. The van der Waals surface area contributed by atoms with Crippen molar-refractivity contribution < 1.29 is 14.3 Å². The minimum atomic E-state index is -0.470. The first kappa shape index (κ1) is 16.7. The van der Waals surface area contributed by atoms with Gasteiger partial charge in [0.15, 0.2) is 0 Å². The van der Waals surface area contributed by atoms with E-state index >= 15 is 0 Å². The molecule has 0 aliphatic carbocycles. The molecule has 0 atom stereocenters. The van der Waals surface area contributed by atoms with E-state index in [1.807, 2.05) is 13.8 Å². The van der Waals surface area contributed by atoms with Crippen LogP contribution in [0.25, 0.3) is 6.08 Å². The Labute approximate surface area is 123 Å². The lowest BCUT2D eigenvalue weighted by Gasteiger charge is -2.23. The van der Waals surface area contributed by atoms with Crippen LogP contribution >= 0.6 is 11.6 Å². The van der Waals surface area contributed by atoms with E-state index < -0.39 is 5.82 Å². The van der Waals surface area contributed by atoms with E-state index in [0.717, 1.165) is 0 Å². The fourth-order valence-corrected chi connectivity index (χ4v) is 1.83. The Hall–Kier alpha value is -1.39. The SMILES string of the molecule is CC(C)(CCO)CNC(=O)/C=C/c1c(F)cccc1Cl. The van der Waals surface area contributed by atoms with Gasteiger partial charge < -0.3 is 10.4 Å². The molecule has 0 fully saturated rings. The molecule has 0 aromatic heterocycles. The molecule has 1 amide bonds. The van der Waals surface area contributed by atoms with E-state index in [-0.39, 0.29) is 28.5 Å². The highest BCUT2D eigenvalue weighted by Gasteiger charge is 2.17. The summed E-state index contributed by atoms with van der Waals surface area (Å²) < 4.78 is 13.5. The molecule has 0 unspecified atom stereocenters. The van der Waals surface area contributed by atoms with Crippen molar-refractivity contribution in [1.82, 2.24) is 5.32 Å². The van der Waals surface area contributed by atoms with Gasteiger partial charge in [-0.25, -0.2) is 4.39 Å². The van der Waals surface area contributed by atoms with Crippen molar-refractivity contribution in [3.63, 3.8) is 0 Å². The van der Waals surface area contributed by atoms with Crippen LogP contribution < -0.4 is 5.32 Å². The van der Waals surface area contributed by atoms with Gasteiger partial charge in [-0.3, -0.25) is 4.79 Å². The van der Waals surface area contributed by atoms with Gasteiger partial charge in [-0.15, -0.1) is 0 Å². The zero-order valence-electron chi connectivity index (χ0n) is 11.6. The van der Waals surface area contributed by atoms with Crippen molar-refractivity contribution in [1.29, 1.82) is 0 Å².